The second kappa shape index (κ2) is 7.74. The fraction of sp³-hybridized carbons (Fsp3) is 0.476. The van der Waals surface area contributed by atoms with Crippen molar-refractivity contribution in [3.8, 4) is 5.75 Å². The Morgan fingerprint density at radius 1 is 1.15 bits per heavy atom. The van der Waals surface area contributed by atoms with Gasteiger partial charge in [0.15, 0.2) is 5.76 Å². The number of rotatable bonds is 4. The minimum atomic E-state index is -0.00802. The van der Waals surface area contributed by atoms with Crippen LogP contribution in [-0.2, 0) is 6.61 Å². The minimum Gasteiger partial charge on any atom is -0.486 e. The number of ether oxygens (including phenoxy) is 1. The van der Waals surface area contributed by atoms with Crippen molar-refractivity contribution in [2.75, 3.05) is 46.3 Å². The maximum absolute atomic E-state index is 13.0. The first-order valence-corrected chi connectivity index (χ1v) is 9.59. The fourth-order valence-electron chi connectivity index (χ4n) is 3.94. The van der Waals surface area contributed by atoms with Gasteiger partial charge in [0.05, 0.1) is 0 Å². The first-order chi connectivity index (χ1) is 13.1. The van der Waals surface area contributed by atoms with Crippen LogP contribution < -0.4 is 4.74 Å². The standard InChI is InChI=1S/C21H27N3O3/c1-16-12-19(15-26-18-6-4-3-5-7-18)27-20(16)21(25)24-11-10-23-9-8-22(2)13-17(23)14-24/h3-7,12,17H,8-11,13-15H2,1-2H3/t17-/m1/s1. The van der Waals surface area contributed by atoms with Crippen molar-refractivity contribution < 1.29 is 13.9 Å². The molecule has 2 saturated heterocycles. The molecule has 2 aromatic rings. The molecule has 1 atom stereocenters. The van der Waals surface area contributed by atoms with Crippen molar-refractivity contribution in [1.82, 2.24) is 14.7 Å². The maximum atomic E-state index is 13.0. The van der Waals surface area contributed by atoms with E-state index >= 15 is 0 Å². The van der Waals surface area contributed by atoms with Crippen LogP contribution in [0.15, 0.2) is 40.8 Å². The van der Waals surface area contributed by atoms with Gasteiger partial charge in [-0.3, -0.25) is 9.69 Å². The van der Waals surface area contributed by atoms with Crippen LogP contribution in [0.1, 0.15) is 21.9 Å². The number of carbonyl (C=O) groups excluding carboxylic acids is 1. The highest BCUT2D eigenvalue weighted by atomic mass is 16.5. The van der Waals surface area contributed by atoms with Crippen LogP contribution in [-0.4, -0.2) is 73.0 Å². The number of nitrogens with zero attached hydrogens (tertiary/aromatic N) is 3. The number of fused-ring (bicyclic) bond motifs is 1. The third kappa shape index (κ3) is 4.01. The summed E-state index contributed by atoms with van der Waals surface area (Å²) in [5, 5.41) is 0. The molecular formula is C21H27N3O3. The molecule has 27 heavy (non-hydrogen) atoms. The van der Waals surface area contributed by atoms with E-state index in [1.165, 1.54) is 0 Å². The number of para-hydroxylation sites is 1. The summed E-state index contributed by atoms with van der Waals surface area (Å²) in [6.45, 7) is 7.91. The van der Waals surface area contributed by atoms with Crippen LogP contribution in [0, 0.1) is 6.92 Å². The predicted octanol–water partition coefficient (Wildman–Crippen LogP) is 2.24. The van der Waals surface area contributed by atoms with Gasteiger partial charge in [-0.15, -0.1) is 0 Å². The van der Waals surface area contributed by atoms with Crippen LogP contribution in [0.5, 0.6) is 5.75 Å². The molecule has 144 valence electrons. The average Bonchev–Trinajstić information content (AvgIpc) is 3.06. The van der Waals surface area contributed by atoms with Crippen molar-refractivity contribution in [3.63, 3.8) is 0 Å². The van der Waals surface area contributed by atoms with Gasteiger partial charge in [0.2, 0.25) is 0 Å². The van der Waals surface area contributed by atoms with Gasteiger partial charge in [0, 0.05) is 50.9 Å². The summed E-state index contributed by atoms with van der Waals surface area (Å²) < 4.78 is 11.6. The first kappa shape index (κ1) is 18.1. The molecule has 1 aromatic heterocycles. The summed E-state index contributed by atoms with van der Waals surface area (Å²) in [4.78, 5) is 19.8. The Labute approximate surface area is 160 Å². The van der Waals surface area contributed by atoms with Gasteiger partial charge in [0.25, 0.3) is 5.91 Å². The monoisotopic (exact) mass is 369 g/mol. The van der Waals surface area contributed by atoms with Crippen LogP contribution in [0.4, 0.5) is 0 Å². The van der Waals surface area contributed by atoms with Gasteiger partial charge >= 0.3 is 0 Å². The lowest BCUT2D eigenvalue weighted by atomic mass is 10.1. The molecular weight excluding hydrogens is 342 g/mol. The normalized spacial score (nSPS) is 21.1. The van der Waals surface area contributed by atoms with Crippen LogP contribution in [0.2, 0.25) is 0 Å². The van der Waals surface area contributed by atoms with E-state index in [-0.39, 0.29) is 5.91 Å². The molecule has 1 amide bonds. The maximum Gasteiger partial charge on any atom is 0.289 e. The number of hydrogen-bond acceptors (Lipinski definition) is 5. The van der Waals surface area contributed by atoms with Crippen molar-refractivity contribution in [3.05, 3.63) is 53.5 Å². The van der Waals surface area contributed by atoms with E-state index in [1.54, 1.807) is 0 Å². The molecule has 1 aromatic carbocycles. The zero-order valence-corrected chi connectivity index (χ0v) is 16.1. The molecule has 0 N–H and O–H groups in total. The zero-order valence-electron chi connectivity index (χ0n) is 16.1. The van der Waals surface area contributed by atoms with E-state index < -0.39 is 0 Å². The van der Waals surface area contributed by atoms with E-state index in [4.69, 9.17) is 9.15 Å². The number of furan rings is 1. The Morgan fingerprint density at radius 2 is 1.93 bits per heavy atom. The summed E-state index contributed by atoms with van der Waals surface area (Å²) in [5.74, 6) is 1.90. The van der Waals surface area contributed by atoms with Crippen molar-refractivity contribution in [2.45, 2.75) is 19.6 Å². The second-order valence-electron chi connectivity index (χ2n) is 7.53. The highest BCUT2D eigenvalue weighted by Gasteiger charge is 2.34. The topological polar surface area (TPSA) is 49.2 Å². The summed E-state index contributed by atoms with van der Waals surface area (Å²) in [5.41, 5.74) is 0.870. The number of benzene rings is 1. The van der Waals surface area contributed by atoms with E-state index in [9.17, 15) is 4.79 Å². The molecule has 3 heterocycles. The summed E-state index contributed by atoms with van der Waals surface area (Å²) in [6.07, 6.45) is 0. The molecule has 2 aliphatic heterocycles. The first-order valence-electron chi connectivity index (χ1n) is 9.59. The van der Waals surface area contributed by atoms with Crippen LogP contribution in [0.3, 0.4) is 0 Å². The molecule has 0 saturated carbocycles. The number of hydrogen-bond donors (Lipinski definition) is 0. The van der Waals surface area contributed by atoms with E-state index in [1.807, 2.05) is 48.2 Å². The third-order valence-corrected chi connectivity index (χ3v) is 5.47. The lowest BCUT2D eigenvalue weighted by molar-refractivity contribution is 0.0173. The number of piperazine rings is 2. The van der Waals surface area contributed by atoms with Gasteiger partial charge in [-0.2, -0.15) is 0 Å². The van der Waals surface area contributed by atoms with Gasteiger partial charge < -0.3 is 19.0 Å². The van der Waals surface area contributed by atoms with Crippen LogP contribution in [0.25, 0.3) is 0 Å². The van der Waals surface area contributed by atoms with E-state index in [2.05, 4.69) is 16.8 Å². The molecule has 0 unspecified atom stereocenters. The van der Waals surface area contributed by atoms with Crippen LogP contribution >= 0.6 is 0 Å². The number of amides is 1. The molecule has 6 nitrogen and oxygen atoms in total. The smallest absolute Gasteiger partial charge is 0.289 e. The lowest BCUT2D eigenvalue weighted by Gasteiger charge is -2.46. The fourth-order valence-corrected chi connectivity index (χ4v) is 3.94. The molecule has 0 radical (unpaired) electrons. The van der Waals surface area contributed by atoms with E-state index in [0.717, 1.165) is 50.6 Å². The molecule has 0 bridgehead atoms. The van der Waals surface area contributed by atoms with Crippen molar-refractivity contribution in [2.24, 2.45) is 0 Å². The van der Waals surface area contributed by atoms with Gasteiger partial charge in [-0.05, 0) is 32.2 Å². The Balaban J connectivity index is 1.40. The quantitative estimate of drug-likeness (QED) is 0.827. The van der Waals surface area contributed by atoms with Gasteiger partial charge in [-0.25, -0.2) is 0 Å². The van der Waals surface area contributed by atoms with Gasteiger partial charge in [-0.1, -0.05) is 18.2 Å². The molecule has 2 aliphatic rings. The molecule has 4 rings (SSSR count). The Kier molecular flexibility index (Phi) is 5.18. The zero-order chi connectivity index (χ0) is 18.8. The minimum absolute atomic E-state index is 0.00802. The molecule has 6 heteroatoms. The van der Waals surface area contributed by atoms with Gasteiger partial charge in [0.1, 0.15) is 18.1 Å². The Hall–Kier alpha value is -2.31. The Morgan fingerprint density at radius 3 is 2.74 bits per heavy atom. The highest BCUT2D eigenvalue weighted by molar-refractivity contribution is 5.93. The van der Waals surface area contributed by atoms with Crippen molar-refractivity contribution in [1.29, 1.82) is 0 Å². The summed E-state index contributed by atoms with van der Waals surface area (Å²) >= 11 is 0. The molecule has 0 aliphatic carbocycles. The van der Waals surface area contributed by atoms with E-state index in [0.29, 0.717) is 24.2 Å². The SMILES string of the molecule is Cc1cc(COc2ccccc2)oc1C(=O)N1CCN2CCN(C)C[C@@H]2C1. The van der Waals surface area contributed by atoms with Crippen molar-refractivity contribution >= 4 is 5.91 Å². The lowest BCUT2D eigenvalue weighted by Crippen LogP contribution is -2.62. The average molecular weight is 369 g/mol. The second-order valence-corrected chi connectivity index (χ2v) is 7.53. The third-order valence-electron chi connectivity index (χ3n) is 5.47. The largest absolute Gasteiger partial charge is 0.486 e. The summed E-state index contributed by atoms with van der Waals surface area (Å²) in [7, 11) is 2.15. The highest BCUT2D eigenvalue weighted by Crippen LogP contribution is 2.22. The number of carbonyl (C=O) groups is 1. The Bertz CT molecular complexity index is 789. The predicted molar refractivity (Wildman–Crippen MR) is 103 cm³/mol. The molecule has 0 spiro atoms. The molecule has 2 fully saturated rings. The summed E-state index contributed by atoms with van der Waals surface area (Å²) in [6, 6.07) is 11.9. The number of likely N-dealkylation sites (N-methyl/N-ethyl adjacent to an activating group) is 1. The number of aryl methyl sites for hydroxylation is 1.